The van der Waals surface area contributed by atoms with Crippen LogP contribution in [0.15, 0.2) is 36.4 Å². The number of hydrogen-bond donors (Lipinski definition) is 1. The number of carbonyl (C=O) groups excluding carboxylic acids is 4. The highest BCUT2D eigenvalue weighted by atomic mass is 35.5. The van der Waals surface area contributed by atoms with Crippen LogP contribution in [0.1, 0.15) is 37.5 Å². The van der Waals surface area contributed by atoms with Gasteiger partial charge in [-0.15, -0.1) is 0 Å². The minimum atomic E-state index is -0.892. The predicted molar refractivity (Wildman–Crippen MR) is 115 cm³/mol. The van der Waals surface area contributed by atoms with Gasteiger partial charge in [0.05, 0.1) is 32.3 Å². The van der Waals surface area contributed by atoms with E-state index in [0.29, 0.717) is 13.0 Å². The zero-order valence-electron chi connectivity index (χ0n) is 17.3. The first-order valence-electron chi connectivity index (χ1n) is 9.63. The van der Waals surface area contributed by atoms with Crippen LogP contribution in [0.5, 0.6) is 0 Å². The van der Waals surface area contributed by atoms with E-state index in [2.05, 4.69) is 5.32 Å². The Morgan fingerprint density at radius 2 is 1.85 bits per heavy atom. The van der Waals surface area contributed by atoms with Crippen molar-refractivity contribution in [3.8, 4) is 0 Å². The zero-order valence-corrected chi connectivity index (χ0v) is 18.1. The number of ether oxygens (including phenoxy) is 2. The maximum absolute atomic E-state index is 12.5. The Hall–Kier alpha value is -3.83. The molecular formula is C21H18ClN3O8. The number of nitro benzene ring substituents is 1. The molecule has 3 rings (SSSR count). The number of nitrogens with one attached hydrogen (secondary N) is 1. The molecule has 1 N–H and O–H groups in total. The molecule has 0 atom stereocenters. The molecule has 1 aliphatic rings. The van der Waals surface area contributed by atoms with Gasteiger partial charge >= 0.3 is 5.97 Å². The molecule has 0 bridgehead atoms. The summed E-state index contributed by atoms with van der Waals surface area (Å²) < 4.78 is 9.88. The Bertz CT molecular complexity index is 1150. The van der Waals surface area contributed by atoms with Crippen molar-refractivity contribution in [2.75, 3.05) is 32.2 Å². The maximum Gasteiger partial charge on any atom is 0.338 e. The molecule has 2 aromatic rings. The lowest BCUT2D eigenvalue weighted by molar-refractivity contribution is -0.384. The molecule has 2 aromatic carbocycles. The Balaban J connectivity index is 1.63. The van der Waals surface area contributed by atoms with Crippen LogP contribution in [0.25, 0.3) is 0 Å². The molecule has 3 amide bonds. The lowest BCUT2D eigenvalue weighted by Crippen LogP contribution is -2.31. The first-order chi connectivity index (χ1) is 15.7. The van der Waals surface area contributed by atoms with E-state index in [1.165, 1.54) is 37.4 Å². The van der Waals surface area contributed by atoms with Gasteiger partial charge < -0.3 is 14.8 Å². The summed E-state index contributed by atoms with van der Waals surface area (Å²) in [5.74, 6) is -2.66. The number of benzene rings is 2. The van der Waals surface area contributed by atoms with Crippen molar-refractivity contribution in [3.05, 3.63) is 68.2 Å². The SMILES string of the molecule is COCCCN1C(=O)c2ccc(C(=O)OCC(=O)Nc3cc([N+](=O)[O-])ccc3Cl)cc2C1=O. The van der Waals surface area contributed by atoms with Gasteiger partial charge in [0.15, 0.2) is 6.61 Å². The van der Waals surface area contributed by atoms with Crippen LogP contribution in [0.4, 0.5) is 11.4 Å². The summed E-state index contributed by atoms with van der Waals surface area (Å²) in [4.78, 5) is 60.7. The van der Waals surface area contributed by atoms with E-state index in [1.54, 1.807) is 0 Å². The number of halogens is 1. The normalized spacial score (nSPS) is 12.5. The fraction of sp³-hybridized carbons (Fsp3) is 0.238. The summed E-state index contributed by atoms with van der Waals surface area (Å²) >= 11 is 5.92. The second-order valence-corrected chi connectivity index (χ2v) is 7.32. The summed E-state index contributed by atoms with van der Waals surface area (Å²) in [6.07, 6.45) is 0.473. The summed E-state index contributed by atoms with van der Waals surface area (Å²) in [6, 6.07) is 7.41. The topological polar surface area (TPSA) is 145 Å². The van der Waals surface area contributed by atoms with E-state index in [0.717, 1.165) is 11.0 Å². The monoisotopic (exact) mass is 475 g/mol. The average molecular weight is 476 g/mol. The number of amides is 3. The molecule has 0 fully saturated rings. The molecule has 33 heavy (non-hydrogen) atoms. The number of methoxy groups -OCH3 is 1. The fourth-order valence-electron chi connectivity index (χ4n) is 3.11. The summed E-state index contributed by atoms with van der Waals surface area (Å²) in [6.45, 7) is -0.139. The van der Waals surface area contributed by atoms with E-state index >= 15 is 0 Å². The Morgan fingerprint density at radius 1 is 1.12 bits per heavy atom. The Morgan fingerprint density at radius 3 is 2.55 bits per heavy atom. The van der Waals surface area contributed by atoms with Crippen LogP contribution in [-0.4, -0.2) is 60.4 Å². The molecule has 0 unspecified atom stereocenters. The molecule has 0 aliphatic carbocycles. The summed E-state index contributed by atoms with van der Waals surface area (Å²) in [5.41, 5.74) is -0.0658. The van der Waals surface area contributed by atoms with Crippen LogP contribution in [0.3, 0.4) is 0 Å². The number of rotatable bonds is 9. The van der Waals surface area contributed by atoms with Crippen LogP contribution < -0.4 is 5.32 Å². The molecule has 1 heterocycles. The van der Waals surface area contributed by atoms with Crippen molar-refractivity contribution in [3.63, 3.8) is 0 Å². The third-order valence-electron chi connectivity index (χ3n) is 4.71. The standard InChI is InChI=1S/C21H18ClN3O8/c1-32-8-2-7-24-19(27)14-5-3-12(9-15(14)20(24)28)21(29)33-11-18(26)23-17-10-13(25(30)31)4-6-16(17)22/h3-6,9-10H,2,7-8,11H2,1H3,(H,23,26). The van der Waals surface area contributed by atoms with Crippen molar-refractivity contribution in [2.24, 2.45) is 0 Å². The van der Waals surface area contributed by atoms with Crippen LogP contribution in [0.2, 0.25) is 5.02 Å². The molecule has 11 nitrogen and oxygen atoms in total. The van der Waals surface area contributed by atoms with Crippen molar-refractivity contribution in [2.45, 2.75) is 6.42 Å². The minimum Gasteiger partial charge on any atom is -0.452 e. The van der Waals surface area contributed by atoms with Gasteiger partial charge in [-0.2, -0.15) is 0 Å². The largest absolute Gasteiger partial charge is 0.452 e. The second kappa shape index (κ2) is 10.2. The van der Waals surface area contributed by atoms with Crippen molar-refractivity contribution >= 4 is 46.7 Å². The molecule has 0 radical (unpaired) electrons. The third-order valence-corrected chi connectivity index (χ3v) is 5.04. The predicted octanol–water partition coefficient (Wildman–Crippen LogP) is 2.68. The quantitative estimate of drug-likeness (QED) is 0.191. The molecule has 0 aromatic heterocycles. The number of nitrogens with zero attached hydrogens (tertiary/aromatic N) is 2. The van der Waals surface area contributed by atoms with Crippen LogP contribution in [0, 0.1) is 10.1 Å². The van der Waals surface area contributed by atoms with Gasteiger partial charge in [0.2, 0.25) is 0 Å². The van der Waals surface area contributed by atoms with E-state index < -0.39 is 35.2 Å². The van der Waals surface area contributed by atoms with E-state index in [1.807, 2.05) is 0 Å². The zero-order chi connectivity index (χ0) is 24.1. The second-order valence-electron chi connectivity index (χ2n) is 6.91. The summed E-state index contributed by atoms with van der Waals surface area (Å²) in [5, 5.41) is 13.3. The van der Waals surface area contributed by atoms with Gasteiger partial charge in [-0.1, -0.05) is 11.6 Å². The van der Waals surface area contributed by atoms with Gasteiger partial charge in [-0.25, -0.2) is 4.79 Å². The number of fused-ring (bicyclic) bond motifs is 1. The van der Waals surface area contributed by atoms with Gasteiger partial charge in [-0.05, 0) is 30.7 Å². The van der Waals surface area contributed by atoms with E-state index in [9.17, 15) is 29.3 Å². The first-order valence-corrected chi connectivity index (χ1v) is 10.0. The van der Waals surface area contributed by atoms with Gasteiger partial charge in [0.1, 0.15) is 0 Å². The first kappa shape index (κ1) is 23.8. The Labute approximate surface area is 192 Å². The van der Waals surface area contributed by atoms with Crippen LogP contribution >= 0.6 is 11.6 Å². The van der Waals surface area contributed by atoms with Crippen LogP contribution in [-0.2, 0) is 14.3 Å². The molecule has 12 heteroatoms. The maximum atomic E-state index is 12.5. The number of esters is 1. The lowest BCUT2D eigenvalue weighted by Gasteiger charge is -2.12. The smallest absolute Gasteiger partial charge is 0.338 e. The summed E-state index contributed by atoms with van der Waals surface area (Å²) in [7, 11) is 1.51. The number of carbonyl (C=O) groups is 4. The van der Waals surface area contributed by atoms with Crippen molar-refractivity contribution in [1.29, 1.82) is 0 Å². The van der Waals surface area contributed by atoms with Gasteiger partial charge in [-0.3, -0.25) is 29.4 Å². The number of non-ortho nitro benzene ring substituents is 1. The number of nitro groups is 1. The fourth-order valence-corrected chi connectivity index (χ4v) is 3.28. The lowest BCUT2D eigenvalue weighted by atomic mass is 10.1. The highest BCUT2D eigenvalue weighted by molar-refractivity contribution is 6.33. The van der Waals surface area contributed by atoms with E-state index in [4.69, 9.17) is 21.1 Å². The molecule has 0 spiro atoms. The molecule has 0 saturated carbocycles. The molecule has 172 valence electrons. The van der Waals surface area contributed by atoms with Crippen molar-refractivity contribution < 1.29 is 33.6 Å². The minimum absolute atomic E-state index is 0.0119. The molecule has 0 saturated heterocycles. The number of imide groups is 1. The number of anilines is 1. The molecule has 1 aliphatic heterocycles. The third kappa shape index (κ3) is 5.33. The highest BCUT2D eigenvalue weighted by Crippen LogP contribution is 2.27. The number of hydrogen-bond acceptors (Lipinski definition) is 8. The Kier molecular flexibility index (Phi) is 7.36. The average Bonchev–Trinajstić information content (AvgIpc) is 3.03. The van der Waals surface area contributed by atoms with Gasteiger partial charge in [0.25, 0.3) is 23.4 Å². The molecular weight excluding hydrogens is 458 g/mol. The van der Waals surface area contributed by atoms with E-state index in [-0.39, 0.29) is 39.6 Å². The van der Waals surface area contributed by atoms with Gasteiger partial charge in [0, 0.05) is 32.4 Å². The highest BCUT2D eigenvalue weighted by Gasteiger charge is 2.35. The van der Waals surface area contributed by atoms with Crippen molar-refractivity contribution in [1.82, 2.24) is 4.90 Å².